The molecule has 0 bridgehead atoms. The lowest BCUT2D eigenvalue weighted by molar-refractivity contribution is 0.384. The molecule has 0 saturated heterocycles. The van der Waals surface area contributed by atoms with Crippen LogP contribution in [0.4, 0.5) is 0 Å². The molecule has 114 valence electrons. The van der Waals surface area contributed by atoms with Crippen LogP contribution in [0.1, 0.15) is 35.5 Å². The van der Waals surface area contributed by atoms with Crippen molar-refractivity contribution in [3.63, 3.8) is 0 Å². The van der Waals surface area contributed by atoms with Crippen LogP contribution in [0.2, 0.25) is 0 Å². The van der Waals surface area contributed by atoms with Crippen LogP contribution in [0.3, 0.4) is 0 Å². The van der Waals surface area contributed by atoms with Crippen molar-refractivity contribution >= 4 is 0 Å². The van der Waals surface area contributed by atoms with Crippen molar-refractivity contribution in [1.82, 2.24) is 15.1 Å². The Bertz CT molecular complexity index is 604. The Labute approximate surface area is 127 Å². The van der Waals surface area contributed by atoms with Crippen LogP contribution in [0.15, 0.2) is 24.3 Å². The zero-order chi connectivity index (χ0) is 15.4. The summed E-state index contributed by atoms with van der Waals surface area (Å²) in [6.45, 7) is 10.1. The fourth-order valence-corrected chi connectivity index (χ4v) is 2.68. The van der Waals surface area contributed by atoms with Crippen LogP contribution in [0, 0.1) is 20.8 Å². The summed E-state index contributed by atoms with van der Waals surface area (Å²) < 4.78 is 7.59. The monoisotopic (exact) mass is 287 g/mol. The maximum atomic E-state index is 5.53. The molecule has 2 aromatic rings. The molecule has 0 fully saturated rings. The molecule has 0 saturated carbocycles. The highest BCUT2D eigenvalue weighted by atomic mass is 16.5. The normalized spacial score (nSPS) is 12.4. The maximum absolute atomic E-state index is 5.53. The molecule has 1 aromatic carbocycles. The number of methoxy groups -OCH3 is 1. The van der Waals surface area contributed by atoms with Crippen LogP contribution in [0.5, 0.6) is 5.75 Å². The molecule has 21 heavy (non-hydrogen) atoms. The summed E-state index contributed by atoms with van der Waals surface area (Å²) in [5, 5.41) is 8.12. The first-order chi connectivity index (χ1) is 10.0. The Morgan fingerprint density at radius 1 is 1.24 bits per heavy atom. The minimum atomic E-state index is 0.183. The molecule has 1 heterocycles. The summed E-state index contributed by atoms with van der Waals surface area (Å²) in [7, 11) is 1.72. The van der Waals surface area contributed by atoms with Crippen molar-refractivity contribution in [3.8, 4) is 5.75 Å². The van der Waals surface area contributed by atoms with Gasteiger partial charge in [0.15, 0.2) is 0 Å². The molecule has 0 spiro atoms. The summed E-state index contributed by atoms with van der Waals surface area (Å²) in [6, 6.07) is 8.60. The second kappa shape index (κ2) is 6.76. The second-order valence-corrected chi connectivity index (χ2v) is 5.46. The van der Waals surface area contributed by atoms with E-state index in [9.17, 15) is 0 Å². The van der Waals surface area contributed by atoms with Gasteiger partial charge in [0.2, 0.25) is 0 Å². The van der Waals surface area contributed by atoms with Gasteiger partial charge in [0.1, 0.15) is 5.75 Å². The Balaban J connectivity index is 2.34. The lowest BCUT2D eigenvalue weighted by Gasteiger charge is -2.22. The van der Waals surface area contributed by atoms with E-state index in [4.69, 9.17) is 4.74 Å². The molecule has 2 rings (SSSR count). The van der Waals surface area contributed by atoms with Crippen molar-refractivity contribution < 1.29 is 4.74 Å². The predicted octanol–water partition coefficient (Wildman–Crippen LogP) is 3.17. The van der Waals surface area contributed by atoms with E-state index in [0.29, 0.717) is 0 Å². The highest BCUT2D eigenvalue weighted by molar-refractivity contribution is 5.39. The molecule has 4 nitrogen and oxygen atoms in total. The standard InChI is InChI=1S/C17H25N3O/c1-6-18-16(11-20-14(4)10-13(3)19-20)15-9-12(2)7-8-17(15)21-5/h7-10,16,18H,6,11H2,1-5H3. The molecule has 0 aliphatic heterocycles. The van der Waals surface area contributed by atoms with E-state index in [0.717, 1.165) is 24.5 Å². The van der Waals surface area contributed by atoms with E-state index >= 15 is 0 Å². The molecule has 4 heteroatoms. The number of aryl methyl sites for hydroxylation is 3. The van der Waals surface area contributed by atoms with Crippen LogP contribution >= 0.6 is 0 Å². The third-order valence-corrected chi connectivity index (χ3v) is 3.67. The lowest BCUT2D eigenvalue weighted by Crippen LogP contribution is -2.26. The van der Waals surface area contributed by atoms with Gasteiger partial charge in [-0.3, -0.25) is 4.68 Å². The highest BCUT2D eigenvalue weighted by Gasteiger charge is 2.17. The maximum Gasteiger partial charge on any atom is 0.123 e. The molecular formula is C17H25N3O. The van der Waals surface area contributed by atoms with Gasteiger partial charge in [0.05, 0.1) is 25.4 Å². The Kier molecular flexibility index (Phi) is 5.02. The molecule has 1 unspecified atom stereocenters. The molecule has 1 atom stereocenters. The molecule has 0 aliphatic carbocycles. The predicted molar refractivity (Wildman–Crippen MR) is 85.8 cm³/mol. The number of hydrogen-bond acceptors (Lipinski definition) is 3. The van der Waals surface area contributed by atoms with Gasteiger partial charge in [-0.1, -0.05) is 24.6 Å². The zero-order valence-corrected chi connectivity index (χ0v) is 13.6. The van der Waals surface area contributed by atoms with E-state index in [-0.39, 0.29) is 6.04 Å². The third kappa shape index (κ3) is 3.64. The van der Waals surface area contributed by atoms with E-state index in [2.05, 4.69) is 54.1 Å². The lowest BCUT2D eigenvalue weighted by atomic mass is 10.0. The SMILES string of the molecule is CCNC(Cn1nc(C)cc1C)c1cc(C)ccc1OC. The first-order valence-electron chi connectivity index (χ1n) is 7.44. The van der Waals surface area contributed by atoms with Crippen molar-refractivity contribution in [2.24, 2.45) is 0 Å². The quantitative estimate of drug-likeness (QED) is 0.887. The first kappa shape index (κ1) is 15.6. The minimum absolute atomic E-state index is 0.183. The van der Waals surface area contributed by atoms with Gasteiger partial charge < -0.3 is 10.1 Å². The number of nitrogens with zero attached hydrogens (tertiary/aromatic N) is 2. The number of ether oxygens (including phenoxy) is 1. The fourth-order valence-electron chi connectivity index (χ4n) is 2.68. The van der Waals surface area contributed by atoms with Crippen molar-refractivity contribution in [3.05, 3.63) is 46.8 Å². The molecule has 0 aliphatic rings. The largest absolute Gasteiger partial charge is 0.496 e. The Morgan fingerprint density at radius 3 is 2.57 bits per heavy atom. The van der Waals surface area contributed by atoms with Crippen LogP contribution in [-0.2, 0) is 6.54 Å². The van der Waals surface area contributed by atoms with E-state index in [1.54, 1.807) is 7.11 Å². The molecule has 1 N–H and O–H groups in total. The summed E-state index contributed by atoms with van der Waals surface area (Å²) in [5.41, 5.74) is 4.66. The average Bonchev–Trinajstić information content (AvgIpc) is 2.76. The fraction of sp³-hybridized carbons (Fsp3) is 0.471. The van der Waals surface area contributed by atoms with Crippen LogP contribution in [-0.4, -0.2) is 23.4 Å². The van der Waals surface area contributed by atoms with Gasteiger partial charge in [-0.15, -0.1) is 0 Å². The Hall–Kier alpha value is -1.81. The first-order valence-corrected chi connectivity index (χ1v) is 7.44. The summed E-state index contributed by atoms with van der Waals surface area (Å²) in [6.07, 6.45) is 0. The molecular weight excluding hydrogens is 262 g/mol. The molecule has 0 amide bonds. The van der Waals surface area contributed by atoms with Crippen LogP contribution < -0.4 is 10.1 Å². The summed E-state index contributed by atoms with van der Waals surface area (Å²) in [5.74, 6) is 0.924. The van der Waals surface area contributed by atoms with E-state index in [1.807, 2.05) is 13.0 Å². The van der Waals surface area contributed by atoms with Crippen LogP contribution in [0.25, 0.3) is 0 Å². The van der Waals surface area contributed by atoms with E-state index in [1.165, 1.54) is 16.8 Å². The number of rotatable bonds is 6. The van der Waals surface area contributed by atoms with E-state index < -0.39 is 0 Å². The molecule has 0 radical (unpaired) electrons. The molecule has 1 aromatic heterocycles. The second-order valence-electron chi connectivity index (χ2n) is 5.46. The topological polar surface area (TPSA) is 39.1 Å². The van der Waals surface area contributed by atoms with Crippen molar-refractivity contribution in [2.75, 3.05) is 13.7 Å². The number of benzene rings is 1. The van der Waals surface area contributed by atoms with Gasteiger partial charge >= 0.3 is 0 Å². The zero-order valence-electron chi connectivity index (χ0n) is 13.6. The van der Waals surface area contributed by atoms with Gasteiger partial charge in [-0.05, 0) is 39.4 Å². The van der Waals surface area contributed by atoms with Gasteiger partial charge in [0, 0.05) is 11.3 Å². The van der Waals surface area contributed by atoms with Gasteiger partial charge in [-0.2, -0.15) is 5.10 Å². The smallest absolute Gasteiger partial charge is 0.123 e. The summed E-state index contributed by atoms with van der Waals surface area (Å²) in [4.78, 5) is 0. The van der Waals surface area contributed by atoms with Gasteiger partial charge in [0.25, 0.3) is 0 Å². The van der Waals surface area contributed by atoms with Crippen molar-refractivity contribution in [1.29, 1.82) is 0 Å². The number of aromatic nitrogens is 2. The number of nitrogens with one attached hydrogen (secondary N) is 1. The summed E-state index contributed by atoms with van der Waals surface area (Å²) >= 11 is 0. The number of hydrogen-bond donors (Lipinski definition) is 1. The minimum Gasteiger partial charge on any atom is -0.496 e. The van der Waals surface area contributed by atoms with Crippen molar-refractivity contribution in [2.45, 2.75) is 40.3 Å². The highest BCUT2D eigenvalue weighted by Crippen LogP contribution is 2.27. The average molecular weight is 287 g/mol. The van der Waals surface area contributed by atoms with Gasteiger partial charge in [-0.25, -0.2) is 0 Å². The Morgan fingerprint density at radius 2 is 2.00 bits per heavy atom. The number of likely N-dealkylation sites (N-methyl/N-ethyl adjacent to an activating group) is 1. The third-order valence-electron chi connectivity index (χ3n) is 3.67.